The van der Waals surface area contributed by atoms with Crippen molar-refractivity contribution in [3.05, 3.63) is 37.5 Å². The van der Waals surface area contributed by atoms with E-state index in [2.05, 4.69) is 37.1 Å². The summed E-state index contributed by atoms with van der Waals surface area (Å²) in [5.74, 6) is -0.993. The van der Waals surface area contributed by atoms with Crippen LogP contribution in [0, 0.1) is 5.92 Å². The number of nitrogens with two attached hydrogens (primary N) is 2. The van der Waals surface area contributed by atoms with Crippen LogP contribution in [0.25, 0.3) is 0 Å². The highest BCUT2D eigenvalue weighted by Crippen LogP contribution is 2.04. The van der Waals surface area contributed by atoms with Crippen LogP contribution in [0.5, 0.6) is 0 Å². The van der Waals surface area contributed by atoms with Crippen LogP contribution in [0.1, 0.15) is 41.0 Å². The lowest BCUT2D eigenvalue weighted by Crippen LogP contribution is -2.19. The third kappa shape index (κ3) is 56.5. The Hall–Kier alpha value is -2.23. The number of carbonyl (C=O) groups is 3. The maximum Gasteiger partial charge on any atom is 0.332 e. The number of epoxide rings is 1. The Morgan fingerprint density at radius 3 is 1.61 bits per heavy atom. The normalized spacial score (nSPS) is 12.9. The molecular formula is C19H40N2O6Si. The van der Waals surface area contributed by atoms with E-state index in [4.69, 9.17) is 15.3 Å². The summed E-state index contributed by atoms with van der Waals surface area (Å²) in [6.45, 7) is 20.1. The van der Waals surface area contributed by atoms with Gasteiger partial charge in [-0.3, -0.25) is 9.59 Å². The summed E-state index contributed by atoms with van der Waals surface area (Å²) < 4.78 is 8.98. The third-order valence-electron chi connectivity index (χ3n) is 2.33. The van der Waals surface area contributed by atoms with E-state index in [0.717, 1.165) is 19.1 Å². The van der Waals surface area contributed by atoms with Gasteiger partial charge < -0.3 is 25.7 Å². The van der Waals surface area contributed by atoms with Crippen LogP contribution in [0.2, 0.25) is 0 Å². The fourth-order valence-corrected chi connectivity index (χ4v) is 0.472. The average molecular weight is 421 g/mol. The number of ether oxygens (including phenoxy) is 2. The van der Waals surface area contributed by atoms with Crippen molar-refractivity contribution >= 4 is 28.3 Å². The summed E-state index contributed by atoms with van der Waals surface area (Å²) in [5, 5.41) is 0. The fourth-order valence-electron chi connectivity index (χ4n) is 0.472. The first kappa shape index (κ1) is 36.6. The highest BCUT2D eigenvalue weighted by atomic mass is 28.2. The minimum atomic E-state index is -0.481. The van der Waals surface area contributed by atoms with Crippen molar-refractivity contribution in [2.24, 2.45) is 17.4 Å². The van der Waals surface area contributed by atoms with Gasteiger partial charge in [-0.25, -0.2) is 4.79 Å². The van der Waals surface area contributed by atoms with E-state index in [1.807, 2.05) is 20.8 Å². The molecule has 1 heterocycles. The number of amides is 2. The molecule has 166 valence electrons. The van der Waals surface area contributed by atoms with Crippen molar-refractivity contribution in [3.8, 4) is 0 Å². The van der Waals surface area contributed by atoms with Crippen molar-refractivity contribution < 1.29 is 28.7 Å². The lowest BCUT2D eigenvalue weighted by Gasteiger charge is -1.98. The van der Waals surface area contributed by atoms with Crippen LogP contribution >= 0.6 is 0 Å². The van der Waals surface area contributed by atoms with Gasteiger partial charge in [-0.2, -0.15) is 0 Å². The number of hydrogen-bond donors (Lipinski definition) is 3. The topological polar surface area (TPSA) is 145 Å². The van der Waals surface area contributed by atoms with Crippen LogP contribution in [0.4, 0.5) is 0 Å². The van der Waals surface area contributed by atoms with Gasteiger partial charge in [0.2, 0.25) is 11.8 Å². The van der Waals surface area contributed by atoms with Gasteiger partial charge in [0, 0.05) is 11.5 Å². The molecule has 0 bridgehead atoms. The fraction of sp³-hybridized carbons (Fsp3) is 0.526. The molecule has 0 radical (unpaired) electrons. The average Bonchev–Trinajstić information content (AvgIpc) is 3.45. The van der Waals surface area contributed by atoms with E-state index in [9.17, 15) is 14.4 Å². The second-order valence-electron chi connectivity index (χ2n) is 5.14. The quantitative estimate of drug-likeness (QED) is 0.201. The number of esters is 1. The molecule has 28 heavy (non-hydrogen) atoms. The number of methoxy groups -OCH3 is 1. The Labute approximate surface area is 173 Å². The lowest BCUT2D eigenvalue weighted by molar-refractivity contribution is -0.136. The molecule has 1 aliphatic rings. The molecule has 0 aliphatic carbocycles. The van der Waals surface area contributed by atoms with E-state index < -0.39 is 5.91 Å². The molecule has 0 aromatic heterocycles. The van der Waals surface area contributed by atoms with Crippen LogP contribution in [-0.2, 0) is 23.9 Å². The molecule has 0 aromatic carbocycles. The third-order valence-corrected chi connectivity index (χ3v) is 2.33. The maximum absolute atomic E-state index is 10.2. The number of allylic oxidation sites excluding steroid dienone is 1. The Morgan fingerprint density at radius 2 is 1.61 bits per heavy atom. The summed E-state index contributed by atoms with van der Waals surface area (Å²) in [4.78, 5) is 37.0. The predicted molar refractivity (Wildman–Crippen MR) is 118 cm³/mol. The minimum absolute atomic E-state index is 0.0417. The first-order valence-corrected chi connectivity index (χ1v) is 9.42. The van der Waals surface area contributed by atoms with Crippen molar-refractivity contribution in [1.82, 2.24) is 0 Å². The Bertz CT molecular complexity index is 438. The van der Waals surface area contributed by atoms with Crippen LogP contribution in [0.15, 0.2) is 37.5 Å². The summed E-state index contributed by atoms with van der Waals surface area (Å²) in [6.07, 6.45) is 4.23. The SMILES string of the molecule is C=C(C)C(=O)OC.C=CC.C=CC(N)=O.CC1CO1.CCC(C)C(N)=O.O[SiH3]. The van der Waals surface area contributed by atoms with Crippen molar-refractivity contribution in [2.75, 3.05) is 13.7 Å². The van der Waals surface area contributed by atoms with Crippen molar-refractivity contribution in [2.45, 2.75) is 47.1 Å². The van der Waals surface area contributed by atoms with Gasteiger partial charge >= 0.3 is 5.97 Å². The van der Waals surface area contributed by atoms with E-state index in [1.54, 1.807) is 13.0 Å². The van der Waals surface area contributed by atoms with Gasteiger partial charge in [0.1, 0.15) is 10.5 Å². The second kappa shape index (κ2) is 29.5. The summed E-state index contributed by atoms with van der Waals surface area (Å²) in [7, 11) is 1.64. The first-order chi connectivity index (χ1) is 12.9. The summed E-state index contributed by atoms with van der Waals surface area (Å²) in [6, 6.07) is 0. The first-order valence-electron chi connectivity index (χ1n) is 8.53. The Kier molecular flexibility index (Phi) is 38.6. The molecule has 0 aromatic rings. The molecule has 0 saturated carbocycles. The number of primary amides is 2. The van der Waals surface area contributed by atoms with E-state index in [0.29, 0.717) is 22.2 Å². The molecule has 2 amide bonds. The lowest BCUT2D eigenvalue weighted by atomic mass is 10.1. The minimum Gasteiger partial charge on any atom is -0.466 e. The molecule has 1 aliphatic heterocycles. The van der Waals surface area contributed by atoms with Gasteiger partial charge in [0.05, 0.1) is 19.8 Å². The van der Waals surface area contributed by atoms with E-state index >= 15 is 0 Å². The number of hydrogen-bond acceptors (Lipinski definition) is 6. The van der Waals surface area contributed by atoms with Crippen molar-refractivity contribution in [1.29, 1.82) is 0 Å². The van der Waals surface area contributed by atoms with Crippen LogP contribution in [-0.4, -0.2) is 52.9 Å². The zero-order valence-corrected chi connectivity index (χ0v) is 20.5. The van der Waals surface area contributed by atoms with Gasteiger partial charge in [0.15, 0.2) is 0 Å². The molecular weight excluding hydrogens is 380 g/mol. The maximum atomic E-state index is 10.2. The van der Waals surface area contributed by atoms with Gasteiger partial charge in [-0.1, -0.05) is 33.1 Å². The molecule has 1 saturated heterocycles. The molecule has 2 unspecified atom stereocenters. The second-order valence-corrected chi connectivity index (χ2v) is 5.14. The summed E-state index contributed by atoms with van der Waals surface area (Å²) in [5.41, 5.74) is 9.88. The number of carbonyl (C=O) groups excluding carboxylic acids is 3. The molecule has 1 rings (SSSR count). The Balaban J connectivity index is -0.0000000790. The standard InChI is InChI=1S/C5H11NO.C5H8O2.C3H5NO.C3H6O.C3H6.H4OSi/c1-3-4(2)5(6)7;1-4(2)5(6)7-3;1-2-3(4)5;1-3-2-4-3;1-3-2;1-2/h4H,3H2,1-2H3,(H2,6,7);1H2,2-3H3;2H,1H2,(H2,4,5);3H,2H2,1H3;3H,1H2,2H3;1H,2H3. The molecule has 5 N–H and O–H groups in total. The molecule has 8 nitrogen and oxygen atoms in total. The largest absolute Gasteiger partial charge is 0.466 e. The van der Waals surface area contributed by atoms with Crippen LogP contribution in [0.3, 0.4) is 0 Å². The number of rotatable bonds is 4. The molecule has 0 spiro atoms. The molecule has 2 atom stereocenters. The Morgan fingerprint density at radius 1 is 1.32 bits per heavy atom. The monoisotopic (exact) mass is 420 g/mol. The highest BCUT2D eigenvalue weighted by Gasteiger charge is 2.13. The smallest absolute Gasteiger partial charge is 0.332 e. The van der Waals surface area contributed by atoms with Gasteiger partial charge in [-0.15, -0.1) is 6.58 Å². The highest BCUT2D eigenvalue weighted by molar-refractivity contribution is 5.95. The molecule has 1 fully saturated rings. The van der Waals surface area contributed by atoms with Gasteiger partial charge in [0.25, 0.3) is 0 Å². The summed E-state index contributed by atoms with van der Waals surface area (Å²) >= 11 is 0. The van der Waals surface area contributed by atoms with Gasteiger partial charge in [-0.05, 0) is 33.3 Å². The zero-order chi connectivity index (χ0) is 23.7. The zero-order valence-electron chi connectivity index (χ0n) is 18.5. The molecule has 9 heteroatoms. The van der Waals surface area contributed by atoms with E-state index in [-0.39, 0.29) is 17.8 Å². The predicted octanol–water partition coefficient (Wildman–Crippen LogP) is 0.768. The van der Waals surface area contributed by atoms with Crippen molar-refractivity contribution in [3.63, 3.8) is 0 Å². The van der Waals surface area contributed by atoms with Crippen LogP contribution < -0.4 is 11.5 Å². The van der Waals surface area contributed by atoms with E-state index in [1.165, 1.54) is 7.11 Å².